The van der Waals surface area contributed by atoms with Gasteiger partial charge in [-0.25, -0.2) is 9.18 Å². The zero-order chi connectivity index (χ0) is 13.4. The molecule has 2 rings (SSSR count). The molecule has 8 nitrogen and oxygen atoms in total. The maximum atomic E-state index is 12.7. The van der Waals surface area contributed by atoms with Gasteiger partial charge >= 0.3 is 5.69 Å². The molecule has 5 N–H and O–H groups in total. The van der Waals surface area contributed by atoms with Gasteiger partial charge in [0.1, 0.15) is 24.1 Å². The van der Waals surface area contributed by atoms with Crippen molar-refractivity contribution in [3.8, 4) is 0 Å². The molecule has 0 bridgehead atoms. The summed E-state index contributed by atoms with van der Waals surface area (Å²) in [5.41, 5.74) is 4.47. The number of aliphatic hydroxyl groups is 3. The minimum atomic E-state index is -2.47. The van der Waals surface area contributed by atoms with Gasteiger partial charge in [0.15, 0.2) is 6.23 Å². The van der Waals surface area contributed by atoms with Crippen molar-refractivity contribution in [3.63, 3.8) is 0 Å². The number of halogens is 1. The summed E-state index contributed by atoms with van der Waals surface area (Å²) in [4.78, 5) is 14.9. The summed E-state index contributed by atoms with van der Waals surface area (Å²) in [7, 11) is 0. The second kappa shape index (κ2) is 4.61. The molecule has 1 aromatic heterocycles. The first-order valence-corrected chi connectivity index (χ1v) is 5.10. The lowest BCUT2D eigenvalue weighted by Crippen LogP contribution is -2.37. The van der Waals surface area contributed by atoms with Crippen LogP contribution in [0.3, 0.4) is 0 Å². The Kier molecular flexibility index (Phi) is 3.30. The molecule has 0 spiro atoms. The summed E-state index contributed by atoms with van der Waals surface area (Å²) in [6.07, 6.45) is -7.47. The summed E-state index contributed by atoms with van der Waals surface area (Å²) >= 11 is 0. The van der Waals surface area contributed by atoms with Gasteiger partial charge < -0.3 is 25.8 Å². The van der Waals surface area contributed by atoms with Crippen LogP contribution in [0.2, 0.25) is 0 Å². The summed E-state index contributed by atoms with van der Waals surface area (Å²) in [5, 5.41) is 27.9. The van der Waals surface area contributed by atoms with Crippen LogP contribution in [0.15, 0.2) is 17.1 Å². The normalized spacial score (nSPS) is 33.6. The van der Waals surface area contributed by atoms with E-state index in [2.05, 4.69) is 4.98 Å². The van der Waals surface area contributed by atoms with Crippen molar-refractivity contribution in [2.45, 2.75) is 30.9 Å². The summed E-state index contributed by atoms with van der Waals surface area (Å²) in [5.74, 6) is -0.0219. The van der Waals surface area contributed by atoms with Crippen molar-refractivity contribution >= 4 is 5.82 Å². The van der Waals surface area contributed by atoms with Crippen molar-refractivity contribution in [1.82, 2.24) is 9.55 Å². The third-order valence-corrected chi connectivity index (χ3v) is 2.67. The quantitative estimate of drug-likeness (QED) is 0.472. The molecule has 0 radical (unpaired) electrons. The summed E-state index contributed by atoms with van der Waals surface area (Å²) in [6.45, 7) is 0. The molecule has 0 amide bonds. The van der Waals surface area contributed by atoms with E-state index in [9.17, 15) is 19.4 Å². The smallest absolute Gasteiger partial charge is 0.351 e. The third-order valence-electron chi connectivity index (χ3n) is 2.67. The van der Waals surface area contributed by atoms with E-state index in [-0.39, 0.29) is 5.82 Å². The standard InChI is InChI=1S/C9H12FN3O5/c10-7(16)6-4(14)5(15)8(18-6)13-2-1-3(11)12-9(13)17/h1-2,4-8,14-16H,(H2,11,12,17)/t4-,5+,6-,7?,8?/m0/s1. The van der Waals surface area contributed by atoms with Crippen LogP contribution in [0.4, 0.5) is 10.2 Å². The number of nitrogens with zero attached hydrogens (tertiary/aromatic N) is 2. The highest BCUT2D eigenvalue weighted by molar-refractivity contribution is 5.23. The van der Waals surface area contributed by atoms with Crippen molar-refractivity contribution in [1.29, 1.82) is 0 Å². The topological polar surface area (TPSA) is 131 Å². The van der Waals surface area contributed by atoms with E-state index in [1.54, 1.807) is 0 Å². The molecule has 5 atom stereocenters. The highest BCUT2D eigenvalue weighted by Crippen LogP contribution is 2.30. The fraction of sp³-hybridized carbons (Fsp3) is 0.556. The fourth-order valence-electron chi connectivity index (χ4n) is 1.76. The zero-order valence-electron chi connectivity index (χ0n) is 9.05. The summed E-state index contributed by atoms with van der Waals surface area (Å²) in [6, 6.07) is 1.28. The van der Waals surface area contributed by atoms with Gasteiger partial charge in [-0.3, -0.25) is 4.57 Å². The average Bonchev–Trinajstić information content (AvgIpc) is 2.57. The Morgan fingerprint density at radius 1 is 1.50 bits per heavy atom. The van der Waals surface area contributed by atoms with E-state index in [0.29, 0.717) is 0 Å². The fourth-order valence-corrected chi connectivity index (χ4v) is 1.76. The van der Waals surface area contributed by atoms with Gasteiger partial charge in [0, 0.05) is 6.20 Å². The zero-order valence-corrected chi connectivity index (χ0v) is 9.05. The highest BCUT2D eigenvalue weighted by atomic mass is 19.1. The number of hydrogen-bond acceptors (Lipinski definition) is 7. The number of rotatable bonds is 2. The van der Waals surface area contributed by atoms with Crippen LogP contribution in [-0.4, -0.2) is 49.5 Å². The second-order valence-electron chi connectivity index (χ2n) is 3.89. The van der Waals surface area contributed by atoms with Crippen molar-refractivity contribution in [2.24, 2.45) is 0 Å². The molecule has 2 heterocycles. The third kappa shape index (κ3) is 2.08. The van der Waals surface area contributed by atoms with E-state index in [0.717, 1.165) is 4.57 Å². The number of alkyl halides is 1. The number of anilines is 1. The molecular formula is C9H12FN3O5. The van der Waals surface area contributed by atoms with Gasteiger partial charge in [0.05, 0.1) is 0 Å². The van der Waals surface area contributed by atoms with E-state index >= 15 is 0 Å². The van der Waals surface area contributed by atoms with Crippen LogP contribution in [0.25, 0.3) is 0 Å². The van der Waals surface area contributed by atoms with Crippen molar-refractivity contribution in [2.75, 3.05) is 5.73 Å². The predicted molar refractivity (Wildman–Crippen MR) is 55.9 cm³/mol. The number of nitrogen functional groups attached to an aromatic ring is 1. The predicted octanol–water partition coefficient (Wildman–Crippen LogP) is -2.27. The Bertz CT molecular complexity index is 493. The number of aliphatic hydroxyl groups excluding tert-OH is 3. The highest BCUT2D eigenvalue weighted by Gasteiger charge is 2.47. The molecule has 1 aliphatic rings. The molecule has 2 unspecified atom stereocenters. The molecule has 0 aliphatic carbocycles. The molecule has 1 aromatic rings. The number of hydrogen-bond donors (Lipinski definition) is 4. The Hall–Kier alpha value is -1.55. The van der Waals surface area contributed by atoms with Crippen LogP contribution in [0, 0.1) is 0 Å². The Balaban J connectivity index is 2.32. The molecule has 1 fully saturated rings. The van der Waals surface area contributed by atoms with E-state index in [4.69, 9.17) is 15.6 Å². The number of ether oxygens (including phenoxy) is 1. The van der Waals surface area contributed by atoms with Crippen LogP contribution in [0.5, 0.6) is 0 Å². The van der Waals surface area contributed by atoms with Crippen LogP contribution in [-0.2, 0) is 4.74 Å². The van der Waals surface area contributed by atoms with Crippen LogP contribution in [0.1, 0.15) is 6.23 Å². The number of aromatic nitrogens is 2. The molecule has 1 aliphatic heterocycles. The first-order chi connectivity index (χ1) is 8.41. The maximum absolute atomic E-state index is 12.7. The Morgan fingerprint density at radius 3 is 2.67 bits per heavy atom. The minimum absolute atomic E-state index is 0.0219. The minimum Gasteiger partial charge on any atom is -0.387 e. The Labute approximate surface area is 100 Å². The maximum Gasteiger partial charge on any atom is 0.351 e. The van der Waals surface area contributed by atoms with Gasteiger partial charge in [-0.15, -0.1) is 0 Å². The Morgan fingerprint density at radius 2 is 2.17 bits per heavy atom. The van der Waals surface area contributed by atoms with Crippen LogP contribution >= 0.6 is 0 Å². The second-order valence-corrected chi connectivity index (χ2v) is 3.89. The first kappa shape index (κ1) is 12.9. The van der Waals surface area contributed by atoms with Gasteiger partial charge in [-0.2, -0.15) is 4.98 Å². The molecule has 18 heavy (non-hydrogen) atoms. The number of nitrogens with two attached hydrogens (primary N) is 1. The van der Waals surface area contributed by atoms with Gasteiger partial charge in [0.25, 0.3) is 0 Å². The van der Waals surface area contributed by atoms with E-state index < -0.39 is 36.6 Å². The van der Waals surface area contributed by atoms with Gasteiger partial charge in [-0.05, 0) is 6.07 Å². The van der Waals surface area contributed by atoms with E-state index in [1.807, 2.05) is 0 Å². The molecule has 0 aromatic carbocycles. The van der Waals surface area contributed by atoms with Gasteiger partial charge in [0.2, 0.25) is 6.36 Å². The van der Waals surface area contributed by atoms with Crippen molar-refractivity contribution < 1.29 is 24.4 Å². The molecule has 100 valence electrons. The van der Waals surface area contributed by atoms with Gasteiger partial charge in [-0.1, -0.05) is 0 Å². The van der Waals surface area contributed by atoms with Crippen molar-refractivity contribution in [3.05, 3.63) is 22.7 Å². The first-order valence-electron chi connectivity index (χ1n) is 5.10. The molecule has 9 heteroatoms. The van der Waals surface area contributed by atoms with E-state index in [1.165, 1.54) is 12.3 Å². The lowest BCUT2D eigenvalue weighted by Gasteiger charge is -2.16. The SMILES string of the molecule is Nc1ccn(C2O[C@H](C(O)F)[C@@H](O)[C@H]2O)c(=O)n1. The molecule has 1 saturated heterocycles. The lowest BCUT2D eigenvalue weighted by molar-refractivity contribution is -0.131. The molecular weight excluding hydrogens is 249 g/mol. The van der Waals surface area contributed by atoms with Crippen LogP contribution < -0.4 is 11.4 Å². The summed E-state index contributed by atoms with van der Waals surface area (Å²) < 4.78 is 18.5. The lowest BCUT2D eigenvalue weighted by atomic mass is 10.1. The average molecular weight is 261 g/mol. The molecule has 0 saturated carbocycles. The largest absolute Gasteiger partial charge is 0.387 e. The monoisotopic (exact) mass is 261 g/mol.